The van der Waals surface area contributed by atoms with Crippen LogP contribution in [0.2, 0.25) is 0 Å². The van der Waals surface area contributed by atoms with Gasteiger partial charge in [-0.2, -0.15) is 5.10 Å². The van der Waals surface area contributed by atoms with Crippen LogP contribution in [-0.2, 0) is 0 Å². The number of aromatic nitrogens is 5. The molecule has 0 bridgehead atoms. The van der Waals surface area contributed by atoms with E-state index >= 15 is 0 Å². The first-order valence-electron chi connectivity index (χ1n) is 10.4. The summed E-state index contributed by atoms with van der Waals surface area (Å²) in [5, 5.41) is 4.59. The molecule has 0 radical (unpaired) electrons. The van der Waals surface area contributed by atoms with E-state index in [1.807, 2.05) is 42.0 Å². The Kier molecular flexibility index (Phi) is 3.74. The van der Waals surface area contributed by atoms with E-state index in [1.54, 1.807) is 4.52 Å². The van der Waals surface area contributed by atoms with Crippen LogP contribution in [0.4, 0.5) is 4.39 Å². The molecule has 5 heterocycles. The van der Waals surface area contributed by atoms with Crippen LogP contribution < -0.4 is 0 Å². The van der Waals surface area contributed by atoms with E-state index in [1.165, 1.54) is 18.9 Å². The molecule has 2 fully saturated rings. The number of aryl methyl sites for hydroxylation is 1. The monoisotopic (exact) mass is 390 g/mol. The number of imidazole rings is 2. The van der Waals surface area contributed by atoms with Crippen LogP contribution in [0.25, 0.3) is 22.6 Å². The summed E-state index contributed by atoms with van der Waals surface area (Å²) < 4.78 is 18.4. The summed E-state index contributed by atoms with van der Waals surface area (Å²) in [5.74, 6) is 0.101. The third-order valence-electron chi connectivity index (χ3n) is 6.27. The standard InChI is InChI=1S/C22H23FN6/c1-14-11-29-21(24-14)5-4-19(26-29)16-10-18(23)22-25-20(13-28(22)12-16)15-6-8-27(9-7-15)17-2-3-17/h4-5,10-13,15,17H,2-3,6-9H2,1H3. The zero-order chi connectivity index (χ0) is 19.5. The van der Waals surface area contributed by atoms with Crippen LogP contribution in [0.15, 0.2) is 36.8 Å². The Morgan fingerprint density at radius 1 is 1.00 bits per heavy atom. The van der Waals surface area contributed by atoms with Crippen molar-refractivity contribution in [3.8, 4) is 11.3 Å². The second-order valence-corrected chi connectivity index (χ2v) is 8.42. The first-order valence-corrected chi connectivity index (χ1v) is 10.4. The van der Waals surface area contributed by atoms with Gasteiger partial charge in [0.15, 0.2) is 17.1 Å². The van der Waals surface area contributed by atoms with E-state index in [4.69, 9.17) is 0 Å². The normalized spacial score (nSPS) is 18.8. The minimum Gasteiger partial charge on any atom is -0.304 e. The SMILES string of the molecule is Cc1cn2nc(-c3cc(F)c4nc(C5CCN(C6CC6)CC5)cn4c3)ccc2n1. The van der Waals surface area contributed by atoms with E-state index in [0.717, 1.165) is 54.6 Å². The summed E-state index contributed by atoms with van der Waals surface area (Å²) in [6.07, 6.45) is 10.7. The molecule has 1 aliphatic heterocycles. The van der Waals surface area contributed by atoms with Crippen LogP contribution in [0.5, 0.6) is 0 Å². The van der Waals surface area contributed by atoms with Crippen molar-refractivity contribution in [2.24, 2.45) is 0 Å². The Hall–Kier alpha value is -2.80. The minimum absolute atomic E-state index is 0.312. The molecule has 0 N–H and O–H groups in total. The van der Waals surface area contributed by atoms with Gasteiger partial charge in [-0.3, -0.25) is 0 Å². The first-order chi connectivity index (χ1) is 14.1. The molecule has 2 aliphatic rings. The van der Waals surface area contributed by atoms with Crippen molar-refractivity contribution in [1.82, 2.24) is 28.9 Å². The van der Waals surface area contributed by atoms with E-state index < -0.39 is 0 Å². The molecule has 4 aromatic heterocycles. The predicted molar refractivity (Wildman–Crippen MR) is 108 cm³/mol. The highest BCUT2D eigenvalue weighted by Crippen LogP contribution is 2.34. The fraction of sp³-hybridized carbons (Fsp3) is 0.409. The number of rotatable bonds is 3. The lowest BCUT2D eigenvalue weighted by molar-refractivity contribution is 0.202. The van der Waals surface area contributed by atoms with Gasteiger partial charge in [0.1, 0.15) is 0 Å². The first kappa shape index (κ1) is 17.1. The third-order valence-corrected chi connectivity index (χ3v) is 6.27. The van der Waals surface area contributed by atoms with Gasteiger partial charge < -0.3 is 9.30 Å². The zero-order valence-electron chi connectivity index (χ0n) is 16.4. The summed E-state index contributed by atoms with van der Waals surface area (Å²) in [6.45, 7) is 4.19. The number of halogens is 1. The Labute approximate surface area is 168 Å². The lowest BCUT2D eigenvalue weighted by atomic mass is 9.94. The highest BCUT2D eigenvalue weighted by Gasteiger charge is 2.32. The maximum atomic E-state index is 14.9. The third kappa shape index (κ3) is 3.00. The van der Waals surface area contributed by atoms with Gasteiger partial charge in [-0.25, -0.2) is 18.9 Å². The number of nitrogens with zero attached hydrogens (tertiary/aromatic N) is 6. The molecular weight excluding hydrogens is 367 g/mol. The highest BCUT2D eigenvalue weighted by atomic mass is 19.1. The minimum atomic E-state index is -0.312. The molecule has 7 heteroatoms. The van der Waals surface area contributed by atoms with Crippen molar-refractivity contribution < 1.29 is 4.39 Å². The van der Waals surface area contributed by atoms with Crippen LogP contribution in [0, 0.1) is 12.7 Å². The molecule has 29 heavy (non-hydrogen) atoms. The van der Waals surface area contributed by atoms with Gasteiger partial charge >= 0.3 is 0 Å². The van der Waals surface area contributed by atoms with Gasteiger partial charge in [0.2, 0.25) is 0 Å². The molecule has 0 spiro atoms. The highest BCUT2D eigenvalue weighted by molar-refractivity contribution is 5.62. The summed E-state index contributed by atoms with van der Waals surface area (Å²) in [5.41, 5.74) is 4.54. The van der Waals surface area contributed by atoms with Crippen LogP contribution in [0.3, 0.4) is 0 Å². The maximum absolute atomic E-state index is 14.9. The summed E-state index contributed by atoms with van der Waals surface area (Å²) in [7, 11) is 0. The van der Waals surface area contributed by atoms with Crippen molar-refractivity contribution in [2.45, 2.75) is 44.6 Å². The molecule has 4 aromatic rings. The fourth-order valence-corrected chi connectivity index (χ4v) is 4.57. The number of piperidine rings is 1. The molecule has 1 aliphatic carbocycles. The number of pyridine rings is 1. The van der Waals surface area contributed by atoms with Gasteiger partial charge in [0.05, 0.1) is 23.3 Å². The van der Waals surface area contributed by atoms with Gasteiger partial charge in [-0.15, -0.1) is 0 Å². The molecule has 148 valence electrons. The predicted octanol–water partition coefficient (Wildman–Crippen LogP) is 3.83. The van der Waals surface area contributed by atoms with E-state index in [-0.39, 0.29) is 5.82 Å². The second-order valence-electron chi connectivity index (χ2n) is 8.42. The molecule has 1 saturated heterocycles. The number of hydrogen-bond acceptors (Lipinski definition) is 4. The molecule has 1 saturated carbocycles. The second kappa shape index (κ2) is 6.35. The Morgan fingerprint density at radius 2 is 1.83 bits per heavy atom. The van der Waals surface area contributed by atoms with E-state index in [0.29, 0.717) is 17.3 Å². The molecule has 6 rings (SSSR count). The largest absolute Gasteiger partial charge is 0.304 e. The summed E-state index contributed by atoms with van der Waals surface area (Å²) >= 11 is 0. The van der Waals surface area contributed by atoms with Crippen LogP contribution >= 0.6 is 0 Å². The number of hydrogen-bond donors (Lipinski definition) is 0. The Morgan fingerprint density at radius 3 is 2.62 bits per heavy atom. The number of fused-ring (bicyclic) bond motifs is 2. The molecular formula is C22H23FN6. The van der Waals surface area contributed by atoms with Gasteiger partial charge in [-0.05, 0) is 63.9 Å². The molecule has 0 unspecified atom stereocenters. The molecule has 0 atom stereocenters. The Bertz CT molecular complexity index is 1210. The fourth-order valence-electron chi connectivity index (χ4n) is 4.57. The van der Waals surface area contributed by atoms with Crippen LogP contribution in [0.1, 0.15) is 43.0 Å². The lowest BCUT2D eigenvalue weighted by Crippen LogP contribution is -2.34. The topological polar surface area (TPSA) is 50.7 Å². The molecule has 6 nitrogen and oxygen atoms in total. The van der Waals surface area contributed by atoms with Crippen molar-refractivity contribution >= 4 is 11.3 Å². The van der Waals surface area contributed by atoms with Crippen molar-refractivity contribution in [1.29, 1.82) is 0 Å². The average molecular weight is 390 g/mol. The molecule has 0 aromatic carbocycles. The average Bonchev–Trinajstić information content (AvgIpc) is 3.37. The van der Waals surface area contributed by atoms with Crippen molar-refractivity contribution in [3.63, 3.8) is 0 Å². The molecule has 0 amide bonds. The van der Waals surface area contributed by atoms with Crippen molar-refractivity contribution in [2.75, 3.05) is 13.1 Å². The van der Waals surface area contributed by atoms with Gasteiger partial charge in [0, 0.05) is 29.9 Å². The zero-order valence-corrected chi connectivity index (χ0v) is 16.4. The summed E-state index contributed by atoms with van der Waals surface area (Å²) in [4.78, 5) is 11.6. The van der Waals surface area contributed by atoms with Crippen molar-refractivity contribution in [3.05, 3.63) is 54.0 Å². The number of likely N-dealkylation sites (tertiary alicyclic amines) is 1. The smallest absolute Gasteiger partial charge is 0.173 e. The van der Waals surface area contributed by atoms with Crippen LogP contribution in [-0.4, -0.2) is 48.0 Å². The van der Waals surface area contributed by atoms with Gasteiger partial charge in [0.25, 0.3) is 0 Å². The Balaban J connectivity index is 1.33. The maximum Gasteiger partial charge on any atom is 0.173 e. The van der Waals surface area contributed by atoms with E-state index in [9.17, 15) is 4.39 Å². The summed E-state index contributed by atoms with van der Waals surface area (Å²) in [6, 6.07) is 6.14. The quantitative estimate of drug-likeness (QED) is 0.533. The van der Waals surface area contributed by atoms with E-state index in [2.05, 4.69) is 20.0 Å². The lowest BCUT2D eigenvalue weighted by Gasteiger charge is -2.31. The van der Waals surface area contributed by atoms with Gasteiger partial charge in [-0.1, -0.05) is 0 Å².